The normalized spacial score (nSPS) is 10.7. The Balaban J connectivity index is 2.25. The Morgan fingerprint density at radius 1 is 1.09 bits per heavy atom. The molecule has 2 aromatic rings. The van der Waals surface area contributed by atoms with Crippen molar-refractivity contribution in [3.63, 3.8) is 0 Å². The van der Waals surface area contributed by atoms with Crippen LogP contribution in [0.1, 0.15) is 45.7 Å². The summed E-state index contributed by atoms with van der Waals surface area (Å²) in [5, 5.41) is 6.64. The van der Waals surface area contributed by atoms with Crippen LogP contribution in [0.4, 0.5) is 5.69 Å². The number of hydrogen-bond donors (Lipinski definition) is 1. The van der Waals surface area contributed by atoms with E-state index in [2.05, 4.69) is 5.32 Å². The van der Waals surface area contributed by atoms with Gasteiger partial charge >= 0.3 is 0 Å². The van der Waals surface area contributed by atoms with Crippen LogP contribution in [0.25, 0.3) is 0 Å². The first-order valence-electron chi connectivity index (χ1n) is 7.53. The predicted molar refractivity (Wildman–Crippen MR) is 95.4 cm³/mol. The monoisotopic (exact) mass is 330 g/mol. The van der Waals surface area contributed by atoms with E-state index >= 15 is 0 Å². The molecule has 1 aromatic heterocycles. The molecule has 0 saturated heterocycles. The average molecular weight is 330 g/mol. The van der Waals surface area contributed by atoms with Crippen LogP contribution in [0.2, 0.25) is 0 Å². The molecule has 5 heteroatoms. The number of hydrogen-bond acceptors (Lipinski definition) is 3. The second-order valence-corrected chi connectivity index (χ2v) is 6.71. The molecule has 0 bridgehead atoms. The summed E-state index contributed by atoms with van der Waals surface area (Å²) >= 11 is 1.50. The van der Waals surface area contributed by atoms with Crippen molar-refractivity contribution in [3.8, 4) is 0 Å². The first-order chi connectivity index (χ1) is 10.8. The molecule has 1 aromatic carbocycles. The molecule has 0 spiro atoms. The summed E-state index contributed by atoms with van der Waals surface area (Å²) in [7, 11) is 1.78. The first kappa shape index (κ1) is 17.2. The third kappa shape index (κ3) is 3.79. The molecule has 1 heterocycles. The number of rotatable bonds is 4. The van der Waals surface area contributed by atoms with Crippen LogP contribution in [0, 0.1) is 13.8 Å². The SMILES string of the molecule is Cc1cscc1C(=O)Nc1ccc(C)c(C(=O)N(C)C(C)C)c1. The summed E-state index contributed by atoms with van der Waals surface area (Å²) in [6.45, 7) is 7.75. The zero-order chi connectivity index (χ0) is 17.1. The van der Waals surface area contributed by atoms with Crippen molar-refractivity contribution in [1.82, 2.24) is 4.90 Å². The van der Waals surface area contributed by atoms with Crippen LogP contribution in [0.3, 0.4) is 0 Å². The van der Waals surface area contributed by atoms with Gasteiger partial charge in [-0.1, -0.05) is 6.07 Å². The number of carbonyl (C=O) groups excluding carboxylic acids is 2. The second-order valence-electron chi connectivity index (χ2n) is 5.96. The molecule has 23 heavy (non-hydrogen) atoms. The van der Waals surface area contributed by atoms with E-state index in [1.807, 2.05) is 50.6 Å². The summed E-state index contributed by atoms with van der Waals surface area (Å²) in [5.41, 5.74) is 3.76. The van der Waals surface area contributed by atoms with Crippen molar-refractivity contribution in [3.05, 3.63) is 51.2 Å². The minimum atomic E-state index is -0.150. The number of anilines is 1. The second kappa shape index (κ2) is 6.96. The van der Waals surface area contributed by atoms with Gasteiger partial charge in [-0.05, 0) is 56.3 Å². The Bertz CT molecular complexity index is 734. The average Bonchev–Trinajstić information content (AvgIpc) is 2.93. The zero-order valence-electron chi connectivity index (χ0n) is 14.1. The minimum Gasteiger partial charge on any atom is -0.339 e. The molecule has 0 aliphatic rings. The molecule has 2 amide bonds. The molecule has 1 N–H and O–H groups in total. The number of nitrogens with one attached hydrogen (secondary N) is 1. The van der Waals surface area contributed by atoms with E-state index in [-0.39, 0.29) is 17.9 Å². The van der Waals surface area contributed by atoms with Gasteiger partial charge in [-0.25, -0.2) is 0 Å². The number of benzene rings is 1. The third-order valence-electron chi connectivity index (χ3n) is 3.92. The lowest BCUT2D eigenvalue weighted by Crippen LogP contribution is -2.33. The number of aryl methyl sites for hydroxylation is 2. The smallest absolute Gasteiger partial charge is 0.256 e. The zero-order valence-corrected chi connectivity index (χ0v) is 15.0. The van der Waals surface area contributed by atoms with E-state index in [0.29, 0.717) is 16.8 Å². The quantitative estimate of drug-likeness (QED) is 0.917. The third-order valence-corrected chi connectivity index (χ3v) is 4.78. The van der Waals surface area contributed by atoms with Gasteiger partial charge in [0.1, 0.15) is 0 Å². The van der Waals surface area contributed by atoms with Gasteiger partial charge in [0.15, 0.2) is 0 Å². The maximum Gasteiger partial charge on any atom is 0.256 e. The van der Waals surface area contributed by atoms with Gasteiger partial charge < -0.3 is 10.2 Å². The van der Waals surface area contributed by atoms with Crippen molar-refractivity contribution in [2.75, 3.05) is 12.4 Å². The summed E-state index contributed by atoms with van der Waals surface area (Å²) in [5.74, 6) is -0.191. The van der Waals surface area contributed by atoms with Crippen LogP contribution in [0.15, 0.2) is 29.0 Å². The molecule has 0 radical (unpaired) electrons. The van der Waals surface area contributed by atoms with Gasteiger partial charge in [0, 0.05) is 29.7 Å². The summed E-state index contributed by atoms with van der Waals surface area (Å²) < 4.78 is 0. The highest BCUT2D eigenvalue weighted by Gasteiger charge is 2.18. The van der Waals surface area contributed by atoms with Crippen LogP contribution in [-0.4, -0.2) is 29.8 Å². The Kier molecular flexibility index (Phi) is 5.21. The van der Waals surface area contributed by atoms with Crippen molar-refractivity contribution in [2.45, 2.75) is 33.7 Å². The fourth-order valence-corrected chi connectivity index (χ4v) is 2.97. The van der Waals surface area contributed by atoms with Gasteiger partial charge in [0.05, 0.1) is 5.56 Å². The van der Waals surface area contributed by atoms with Crippen molar-refractivity contribution >= 4 is 28.8 Å². The van der Waals surface area contributed by atoms with Crippen molar-refractivity contribution in [1.29, 1.82) is 0 Å². The van der Waals surface area contributed by atoms with E-state index < -0.39 is 0 Å². The van der Waals surface area contributed by atoms with E-state index in [9.17, 15) is 9.59 Å². The summed E-state index contributed by atoms with van der Waals surface area (Å²) in [4.78, 5) is 26.5. The largest absolute Gasteiger partial charge is 0.339 e. The van der Waals surface area contributed by atoms with E-state index in [0.717, 1.165) is 11.1 Å². The fraction of sp³-hybridized carbons (Fsp3) is 0.333. The lowest BCUT2D eigenvalue weighted by molar-refractivity contribution is 0.0754. The van der Waals surface area contributed by atoms with Gasteiger partial charge in [-0.2, -0.15) is 11.3 Å². The lowest BCUT2D eigenvalue weighted by Gasteiger charge is -2.22. The number of amides is 2. The highest BCUT2D eigenvalue weighted by molar-refractivity contribution is 7.08. The summed E-state index contributed by atoms with van der Waals surface area (Å²) in [6, 6.07) is 5.54. The lowest BCUT2D eigenvalue weighted by atomic mass is 10.1. The Labute approximate surface area is 141 Å². The van der Waals surface area contributed by atoms with Gasteiger partial charge in [-0.15, -0.1) is 0 Å². The van der Waals surface area contributed by atoms with Crippen LogP contribution in [-0.2, 0) is 0 Å². The highest BCUT2D eigenvalue weighted by Crippen LogP contribution is 2.20. The molecule has 0 aliphatic heterocycles. The number of nitrogens with zero attached hydrogens (tertiary/aromatic N) is 1. The predicted octanol–water partition coefficient (Wildman–Crippen LogP) is 4.10. The van der Waals surface area contributed by atoms with Gasteiger partial charge in [0.25, 0.3) is 11.8 Å². The molecular formula is C18H22N2O2S. The maximum absolute atomic E-state index is 12.5. The highest BCUT2D eigenvalue weighted by atomic mass is 32.1. The molecule has 0 saturated carbocycles. The van der Waals surface area contributed by atoms with Crippen LogP contribution >= 0.6 is 11.3 Å². The minimum absolute atomic E-state index is 0.0414. The topological polar surface area (TPSA) is 49.4 Å². The number of thiophene rings is 1. The summed E-state index contributed by atoms with van der Waals surface area (Å²) in [6.07, 6.45) is 0. The molecule has 122 valence electrons. The van der Waals surface area contributed by atoms with E-state index in [1.165, 1.54) is 11.3 Å². The van der Waals surface area contributed by atoms with Gasteiger partial charge in [0.2, 0.25) is 0 Å². The van der Waals surface area contributed by atoms with E-state index in [4.69, 9.17) is 0 Å². The fourth-order valence-electron chi connectivity index (χ4n) is 2.15. The first-order valence-corrected chi connectivity index (χ1v) is 8.47. The van der Waals surface area contributed by atoms with E-state index in [1.54, 1.807) is 18.0 Å². The molecule has 2 rings (SSSR count). The maximum atomic E-state index is 12.5. The molecule has 0 unspecified atom stereocenters. The number of carbonyl (C=O) groups is 2. The Morgan fingerprint density at radius 3 is 2.35 bits per heavy atom. The van der Waals surface area contributed by atoms with Crippen molar-refractivity contribution < 1.29 is 9.59 Å². The Morgan fingerprint density at radius 2 is 1.78 bits per heavy atom. The molecule has 0 fully saturated rings. The van der Waals surface area contributed by atoms with Gasteiger partial charge in [-0.3, -0.25) is 9.59 Å². The molecule has 0 atom stereocenters. The standard InChI is InChI=1S/C18H22N2O2S/c1-11(2)20(5)18(22)15-8-14(7-6-12(15)3)19-17(21)16-10-23-9-13(16)4/h6-11H,1-5H3,(H,19,21). The Hall–Kier alpha value is -2.14. The molecule has 0 aliphatic carbocycles. The van der Waals surface area contributed by atoms with Crippen molar-refractivity contribution in [2.24, 2.45) is 0 Å². The van der Waals surface area contributed by atoms with Crippen LogP contribution < -0.4 is 5.32 Å². The van der Waals surface area contributed by atoms with Crippen LogP contribution in [0.5, 0.6) is 0 Å². The molecular weight excluding hydrogens is 308 g/mol. The molecule has 4 nitrogen and oxygen atoms in total.